The van der Waals surface area contributed by atoms with Crippen LogP contribution in [0.1, 0.15) is 30.9 Å². The van der Waals surface area contributed by atoms with Crippen molar-refractivity contribution in [2.45, 2.75) is 32.7 Å². The van der Waals surface area contributed by atoms with Gasteiger partial charge in [0.2, 0.25) is 0 Å². The number of likely N-dealkylation sites (tertiary alicyclic amines) is 1. The van der Waals surface area contributed by atoms with Gasteiger partial charge in [-0.25, -0.2) is 0 Å². The molecule has 158 valence electrons. The molecule has 0 amide bonds. The largest absolute Gasteiger partial charge is 0.493 e. The smallest absolute Gasteiger partial charge is 0.193 e. The third-order valence-electron chi connectivity index (χ3n) is 5.61. The number of methoxy groups -OCH3 is 2. The van der Waals surface area contributed by atoms with Gasteiger partial charge < -0.3 is 24.6 Å². The molecule has 0 saturated carbocycles. The highest BCUT2D eigenvalue weighted by Crippen LogP contribution is 2.33. The Hall–Kier alpha value is -1.22. The first-order chi connectivity index (χ1) is 13.1. The molecule has 0 aromatic heterocycles. The lowest BCUT2D eigenvalue weighted by molar-refractivity contribution is 0.284. The minimum atomic E-state index is 0. The topological polar surface area (TPSA) is 49.3 Å². The third kappa shape index (κ3) is 5.65. The number of hydrogen-bond donors (Lipinski definition) is 1. The minimum absolute atomic E-state index is 0. The Morgan fingerprint density at radius 3 is 2.36 bits per heavy atom. The predicted molar refractivity (Wildman–Crippen MR) is 125 cm³/mol. The molecule has 1 atom stereocenters. The molecular weight excluding hydrogens is 467 g/mol. The van der Waals surface area contributed by atoms with Crippen molar-refractivity contribution in [2.75, 3.05) is 54.0 Å². The summed E-state index contributed by atoms with van der Waals surface area (Å²) in [5.74, 6) is 3.20. The molecule has 0 spiro atoms. The van der Waals surface area contributed by atoms with Gasteiger partial charge in [-0.1, -0.05) is 6.92 Å². The van der Waals surface area contributed by atoms with Gasteiger partial charge in [0.05, 0.1) is 14.2 Å². The fourth-order valence-electron chi connectivity index (χ4n) is 4.13. The lowest BCUT2D eigenvalue weighted by atomic mass is 9.99. The van der Waals surface area contributed by atoms with Crippen LogP contribution in [0.2, 0.25) is 0 Å². The normalized spacial score (nSPS) is 18.3. The van der Waals surface area contributed by atoms with Gasteiger partial charge in [-0.05, 0) is 61.5 Å². The van der Waals surface area contributed by atoms with Crippen LogP contribution in [0.3, 0.4) is 0 Å². The molecule has 0 bridgehead atoms. The van der Waals surface area contributed by atoms with E-state index in [1.54, 1.807) is 14.2 Å². The van der Waals surface area contributed by atoms with Crippen molar-refractivity contribution in [2.24, 2.45) is 10.9 Å². The Morgan fingerprint density at radius 1 is 1.11 bits per heavy atom. The molecule has 1 unspecified atom stereocenters. The van der Waals surface area contributed by atoms with E-state index < -0.39 is 0 Å². The molecule has 3 rings (SSSR count). The average Bonchev–Trinajstić information content (AvgIpc) is 3.20. The minimum Gasteiger partial charge on any atom is -0.493 e. The van der Waals surface area contributed by atoms with Crippen molar-refractivity contribution < 1.29 is 9.47 Å². The zero-order chi connectivity index (χ0) is 19.2. The maximum absolute atomic E-state index is 5.47. The highest BCUT2D eigenvalue weighted by atomic mass is 127. The first kappa shape index (κ1) is 23.1. The Morgan fingerprint density at radius 2 is 1.75 bits per heavy atom. The van der Waals surface area contributed by atoms with Gasteiger partial charge in [-0.2, -0.15) is 0 Å². The Labute approximate surface area is 186 Å². The summed E-state index contributed by atoms with van der Waals surface area (Å²) in [5, 5.41) is 3.59. The van der Waals surface area contributed by atoms with Gasteiger partial charge in [-0.3, -0.25) is 4.99 Å². The highest BCUT2D eigenvalue weighted by Gasteiger charge is 2.22. The van der Waals surface area contributed by atoms with Crippen LogP contribution in [0.4, 0.5) is 0 Å². The lowest BCUT2D eigenvalue weighted by Gasteiger charge is -2.33. The Bertz CT molecular complexity index is 662. The second-order valence-corrected chi connectivity index (χ2v) is 7.69. The number of ether oxygens (including phenoxy) is 2. The van der Waals surface area contributed by atoms with Gasteiger partial charge in [0.1, 0.15) is 0 Å². The second-order valence-electron chi connectivity index (χ2n) is 7.69. The van der Waals surface area contributed by atoms with Gasteiger partial charge in [0.25, 0.3) is 0 Å². The Kier molecular flexibility index (Phi) is 9.14. The summed E-state index contributed by atoms with van der Waals surface area (Å²) in [4.78, 5) is 9.43. The monoisotopic (exact) mass is 502 g/mol. The fourth-order valence-corrected chi connectivity index (χ4v) is 4.13. The number of nitrogens with zero attached hydrogens (tertiary/aromatic N) is 3. The molecule has 2 aliphatic heterocycles. The highest BCUT2D eigenvalue weighted by molar-refractivity contribution is 14.0. The number of rotatable bonds is 6. The van der Waals surface area contributed by atoms with Crippen molar-refractivity contribution in [3.05, 3.63) is 23.3 Å². The standard InChI is InChI=1S/C21H34N4O2.HI/c1-16(14-24-8-5-6-9-24)13-23-21(22-2)25-10-7-17-11-19(26-3)20(27-4)12-18(17)15-25;/h11-12,16H,5-10,13-15H2,1-4H3,(H,22,23);1H. The summed E-state index contributed by atoms with van der Waals surface area (Å²) >= 11 is 0. The van der Waals surface area contributed by atoms with E-state index in [4.69, 9.17) is 9.47 Å². The number of benzene rings is 1. The number of hydrogen-bond acceptors (Lipinski definition) is 4. The van der Waals surface area contributed by atoms with E-state index in [0.717, 1.165) is 43.5 Å². The molecule has 1 aromatic carbocycles. The molecule has 28 heavy (non-hydrogen) atoms. The van der Waals surface area contributed by atoms with Crippen molar-refractivity contribution in [3.63, 3.8) is 0 Å². The van der Waals surface area contributed by atoms with E-state index in [1.165, 1.54) is 43.6 Å². The predicted octanol–water partition coefficient (Wildman–Crippen LogP) is 2.99. The molecule has 7 heteroatoms. The van der Waals surface area contributed by atoms with Gasteiger partial charge >= 0.3 is 0 Å². The summed E-state index contributed by atoms with van der Waals surface area (Å²) in [6.07, 6.45) is 3.69. The van der Waals surface area contributed by atoms with Crippen molar-refractivity contribution in [3.8, 4) is 11.5 Å². The molecule has 1 N–H and O–H groups in total. The second kappa shape index (κ2) is 11.1. The average molecular weight is 502 g/mol. The quantitative estimate of drug-likeness (QED) is 0.369. The molecule has 1 fully saturated rings. The van der Waals surface area contributed by atoms with Gasteiger partial charge in [0, 0.05) is 33.2 Å². The number of fused-ring (bicyclic) bond motifs is 1. The van der Waals surface area contributed by atoms with Gasteiger partial charge in [0.15, 0.2) is 17.5 Å². The zero-order valence-corrected chi connectivity index (χ0v) is 20.0. The molecular formula is C21H35IN4O2. The summed E-state index contributed by atoms with van der Waals surface area (Å²) in [7, 11) is 5.25. The van der Waals surface area contributed by atoms with Crippen LogP contribution in [0.5, 0.6) is 11.5 Å². The maximum Gasteiger partial charge on any atom is 0.193 e. The van der Waals surface area contributed by atoms with Crippen LogP contribution in [0, 0.1) is 5.92 Å². The number of halogens is 1. The van der Waals surface area contributed by atoms with Crippen molar-refractivity contribution in [1.29, 1.82) is 0 Å². The van der Waals surface area contributed by atoms with E-state index in [1.807, 2.05) is 7.05 Å². The van der Waals surface area contributed by atoms with Crippen LogP contribution in [0.15, 0.2) is 17.1 Å². The van der Waals surface area contributed by atoms with E-state index in [-0.39, 0.29) is 24.0 Å². The lowest BCUT2D eigenvalue weighted by Crippen LogP contribution is -2.46. The molecule has 2 aliphatic rings. The SMILES string of the molecule is CN=C(NCC(C)CN1CCCC1)N1CCc2cc(OC)c(OC)cc2C1.I. The van der Waals surface area contributed by atoms with Gasteiger partial charge in [-0.15, -0.1) is 24.0 Å². The van der Waals surface area contributed by atoms with Crippen LogP contribution >= 0.6 is 24.0 Å². The maximum atomic E-state index is 5.47. The first-order valence-corrected chi connectivity index (χ1v) is 10.1. The van der Waals surface area contributed by atoms with E-state index >= 15 is 0 Å². The van der Waals surface area contributed by atoms with E-state index in [9.17, 15) is 0 Å². The number of guanidine groups is 1. The van der Waals surface area contributed by atoms with Crippen LogP contribution < -0.4 is 14.8 Å². The Balaban J connectivity index is 0.00000280. The summed E-state index contributed by atoms with van der Waals surface area (Å²) in [6.45, 7) is 8.77. The van der Waals surface area contributed by atoms with Crippen LogP contribution in [0.25, 0.3) is 0 Å². The number of nitrogens with one attached hydrogen (secondary N) is 1. The summed E-state index contributed by atoms with van der Waals surface area (Å²) < 4.78 is 10.9. The van der Waals surface area contributed by atoms with Crippen LogP contribution in [-0.2, 0) is 13.0 Å². The van der Waals surface area contributed by atoms with E-state index in [0.29, 0.717) is 5.92 Å². The molecule has 6 nitrogen and oxygen atoms in total. The number of aliphatic imine (C=N–C) groups is 1. The van der Waals surface area contributed by atoms with Crippen LogP contribution in [-0.4, -0.2) is 69.8 Å². The molecule has 1 saturated heterocycles. The summed E-state index contributed by atoms with van der Waals surface area (Å²) in [5.41, 5.74) is 2.62. The molecule has 0 aliphatic carbocycles. The zero-order valence-electron chi connectivity index (χ0n) is 17.7. The third-order valence-corrected chi connectivity index (χ3v) is 5.61. The fraction of sp³-hybridized carbons (Fsp3) is 0.667. The first-order valence-electron chi connectivity index (χ1n) is 10.1. The molecule has 2 heterocycles. The van der Waals surface area contributed by atoms with E-state index in [2.05, 4.69) is 39.2 Å². The molecule has 0 radical (unpaired) electrons. The van der Waals surface area contributed by atoms with Crippen molar-refractivity contribution in [1.82, 2.24) is 15.1 Å². The van der Waals surface area contributed by atoms with Crippen molar-refractivity contribution >= 4 is 29.9 Å². The molecule has 1 aromatic rings. The summed E-state index contributed by atoms with van der Waals surface area (Å²) in [6, 6.07) is 4.21.